The molecule has 6 nitrogen and oxygen atoms in total. The maximum absolute atomic E-state index is 12.5. The maximum atomic E-state index is 12.5. The van der Waals surface area contributed by atoms with Gasteiger partial charge in [-0.3, -0.25) is 9.78 Å². The number of halogens is 1. The quantitative estimate of drug-likeness (QED) is 0.534. The summed E-state index contributed by atoms with van der Waals surface area (Å²) in [4.78, 5) is 19.0. The molecule has 2 aliphatic rings. The lowest BCUT2D eigenvalue weighted by atomic mass is 10.0. The average Bonchev–Trinajstić information content (AvgIpc) is 3.39. The summed E-state index contributed by atoms with van der Waals surface area (Å²) in [6.45, 7) is 2.16. The smallest absolute Gasteiger partial charge is 0.251 e. The highest BCUT2D eigenvalue weighted by Gasteiger charge is 2.31. The van der Waals surface area contributed by atoms with E-state index in [0.717, 1.165) is 72.3 Å². The third-order valence-corrected chi connectivity index (χ3v) is 6.35. The van der Waals surface area contributed by atoms with E-state index < -0.39 is 0 Å². The summed E-state index contributed by atoms with van der Waals surface area (Å²) >= 11 is 0. The highest BCUT2D eigenvalue weighted by molar-refractivity contribution is 5.88. The number of amides is 1. The van der Waals surface area contributed by atoms with Crippen molar-refractivity contribution in [2.24, 2.45) is 0 Å². The Hall–Kier alpha value is -2.83. The second-order valence-corrected chi connectivity index (χ2v) is 8.42. The van der Waals surface area contributed by atoms with Crippen LogP contribution in [0, 0.1) is 0 Å². The number of nitrogens with zero attached hydrogens (tertiary/aromatic N) is 2. The molecule has 33 heavy (non-hydrogen) atoms. The van der Waals surface area contributed by atoms with E-state index in [0.29, 0.717) is 6.61 Å². The molecule has 7 heteroatoms. The minimum absolute atomic E-state index is 0. The molecule has 1 atom stereocenters. The fourth-order valence-electron chi connectivity index (χ4n) is 4.55. The summed E-state index contributed by atoms with van der Waals surface area (Å²) < 4.78 is 17.2. The molecule has 2 aromatic carbocycles. The van der Waals surface area contributed by atoms with Gasteiger partial charge in [0.1, 0.15) is 23.7 Å². The topological polar surface area (TPSA) is 60.9 Å². The van der Waals surface area contributed by atoms with E-state index in [-0.39, 0.29) is 30.5 Å². The van der Waals surface area contributed by atoms with Crippen LogP contribution in [0.2, 0.25) is 0 Å². The van der Waals surface area contributed by atoms with Crippen molar-refractivity contribution in [1.29, 1.82) is 0 Å². The molecule has 5 rings (SSSR count). The first-order valence-corrected chi connectivity index (χ1v) is 11.3. The van der Waals surface area contributed by atoms with Gasteiger partial charge in [-0.15, -0.1) is 12.4 Å². The lowest BCUT2D eigenvalue weighted by Crippen LogP contribution is -2.45. The number of piperidine rings is 1. The van der Waals surface area contributed by atoms with Gasteiger partial charge in [-0.25, -0.2) is 0 Å². The molecule has 0 N–H and O–H groups in total. The molecular weight excluding hydrogens is 440 g/mol. The molecule has 0 bridgehead atoms. The van der Waals surface area contributed by atoms with Crippen LogP contribution in [-0.2, 0) is 9.53 Å². The molecule has 1 aromatic heterocycles. The molecule has 0 saturated carbocycles. The van der Waals surface area contributed by atoms with E-state index in [1.165, 1.54) is 0 Å². The van der Waals surface area contributed by atoms with Gasteiger partial charge in [0, 0.05) is 49.7 Å². The number of hydrogen-bond donors (Lipinski definition) is 0. The van der Waals surface area contributed by atoms with Crippen LogP contribution in [-0.4, -0.2) is 54.8 Å². The van der Waals surface area contributed by atoms with Crippen LogP contribution in [0.15, 0.2) is 54.7 Å². The second kappa shape index (κ2) is 10.4. The number of rotatable bonds is 5. The van der Waals surface area contributed by atoms with Crippen LogP contribution >= 0.6 is 12.4 Å². The molecular formula is C26H29ClN2O4. The predicted molar refractivity (Wildman–Crippen MR) is 130 cm³/mol. The summed E-state index contributed by atoms with van der Waals surface area (Å²) in [5, 5.41) is 0.997. The van der Waals surface area contributed by atoms with Gasteiger partial charge in [0.05, 0.1) is 12.6 Å². The Morgan fingerprint density at radius 3 is 2.55 bits per heavy atom. The molecule has 0 aliphatic carbocycles. The Labute approximate surface area is 200 Å². The predicted octanol–water partition coefficient (Wildman–Crippen LogP) is 4.88. The zero-order chi connectivity index (χ0) is 21.9. The van der Waals surface area contributed by atoms with E-state index in [2.05, 4.69) is 23.2 Å². The summed E-state index contributed by atoms with van der Waals surface area (Å²) in [6.07, 6.45) is 5.29. The number of fused-ring (bicyclic) bond motifs is 1. The van der Waals surface area contributed by atoms with E-state index >= 15 is 0 Å². The lowest BCUT2D eigenvalue weighted by molar-refractivity contribution is -0.142. The largest absolute Gasteiger partial charge is 0.496 e. The molecule has 2 fully saturated rings. The fourth-order valence-corrected chi connectivity index (χ4v) is 4.55. The van der Waals surface area contributed by atoms with E-state index in [1.54, 1.807) is 7.11 Å². The first-order chi connectivity index (χ1) is 15.7. The minimum atomic E-state index is -0.232. The number of benzene rings is 2. The monoisotopic (exact) mass is 468 g/mol. The lowest BCUT2D eigenvalue weighted by Gasteiger charge is -2.33. The Bertz CT molecular complexity index is 1090. The summed E-state index contributed by atoms with van der Waals surface area (Å²) in [5.74, 6) is 1.82. The van der Waals surface area contributed by atoms with E-state index in [9.17, 15) is 4.79 Å². The third-order valence-electron chi connectivity index (χ3n) is 6.35. The number of aromatic nitrogens is 1. The summed E-state index contributed by atoms with van der Waals surface area (Å²) in [7, 11) is 1.68. The van der Waals surface area contributed by atoms with Gasteiger partial charge in [-0.2, -0.15) is 0 Å². The van der Waals surface area contributed by atoms with Gasteiger partial charge in [-0.1, -0.05) is 18.2 Å². The van der Waals surface area contributed by atoms with Crippen molar-refractivity contribution in [3.8, 4) is 22.6 Å². The molecule has 2 saturated heterocycles. The van der Waals surface area contributed by atoms with Crippen molar-refractivity contribution in [2.75, 3.05) is 26.8 Å². The zero-order valence-corrected chi connectivity index (χ0v) is 19.6. The van der Waals surface area contributed by atoms with Crippen LogP contribution in [0.25, 0.3) is 22.0 Å². The zero-order valence-electron chi connectivity index (χ0n) is 18.7. The van der Waals surface area contributed by atoms with E-state index in [1.807, 2.05) is 41.4 Å². The molecule has 3 heterocycles. The Balaban J connectivity index is 0.00000259. The van der Waals surface area contributed by atoms with Gasteiger partial charge in [0.2, 0.25) is 0 Å². The van der Waals surface area contributed by atoms with E-state index in [4.69, 9.17) is 14.2 Å². The normalized spacial score (nSPS) is 18.7. The van der Waals surface area contributed by atoms with Crippen LogP contribution in [0.3, 0.4) is 0 Å². The van der Waals surface area contributed by atoms with Gasteiger partial charge in [-0.05, 0) is 48.7 Å². The molecule has 0 radical (unpaired) electrons. The van der Waals surface area contributed by atoms with Crippen LogP contribution in [0.5, 0.6) is 11.5 Å². The molecule has 174 valence electrons. The van der Waals surface area contributed by atoms with Crippen molar-refractivity contribution in [3.05, 3.63) is 54.7 Å². The number of hydrogen-bond acceptors (Lipinski definition) is 5. The number of ether oxygens (including phenoxy) is 3. The SMILES string of the molecule is COc1cccc2ncc(-c3ccc(OC4CCN(C(=O)[C@H]5CCCO5)CC4)cc3)cc12.Cl. The highest BCUT2D eigenvalue weighted by atomic mass is 35.5. The van der Waals surface area contributed by atoms with Crippen LogP contribution in [0.1, 0.15) is 25.7 Å². The first-order valence-electron chi connectivity index (χ1n) is 11.3. The molecule has 3 aromatic rings. The standard InChI is InChI=1S/C26H28N2O4.ClH/c1-30-24-5-2-4-23-22(24)16-19(17-27-23)18-7-9-20(10-8-18)32-21-11-13-28(14-12-21)26(29)25-6-3-15-31-25;/h2,4-5,7-10,16-17,21,25H,3,6,11-15H2,1H3;1H/t25-;/m1./s1. The fraction of sp³-hybridized carbons (Fsp3) is 0.385. The second-order valence-electron chi connectivity index (χ2n) is 8.42. The van der Waals surface area contributed by atoms with Gasteiger partial charge in [0.25, 0.3) is 5.91 Å². The van der Waals surface area contributed by atoms with Gasteiger partial charge in [0.15, 0.2) is 0 Å². The molecule has 2 aliphatic heterocycles. The number of pyridine rings is 1. The Kier molecular flexibility index (Phi) is 7.36. The summed E-state index contributed by atoms with van der Waals surface area (Å²) in [6, 6.07) is 16.1. The number of carbonyl (C=O) groups excluding carboxylic acids is 1. The molecule has 0 unspecified atom stereocenters. The van der Waals surface area contributed by atoms with Crippen LogP contribution in [0.4, 0.5) is 0 Å². The van der Waals surface area contributed by atoms with Crippen molar-refractivity contribution in [1.82, 2.24) is 9.88 Å². The average molecular weight is 469 g/mol. The minimum Gasteiger partial charge on any atom is -0.496 e. The third kappa shape index (κ3) is 5.07. The van der Waals surface area contributed by atoms with Gasteiger partial charge < -0.3 is 19.1 Å². The number of methoxy groups -OCH3 is 1. The summed E-state index contributed by atoms with van der Waals surface area (Å²) in [5.41, 5.74) is 3.03. The molecule has 1 amide bonds. The van der Waals surface area contributed by atoms with Crippen molar-refractivity contribution in [2.45, 2.75) is 37.9 Å². The molecule has 0 spiro atoms. The highest BCUT2D eigenvalue weighted by Crippen LogP contribution is 2.30. The number of likely N-dealkylation sites (tertiary alicyclic amines) is 1. The first kappa shape index (κ1) is 23.3. The maximum Gasteiger partial charge on any atom is 0.251 e. The Morgan fingerprint density at radius 2 is 1.85 bits per heavy atom. The van der Waals surface area contributed by atoms with Crippen molar-refractivity contribution >= 4 is 29.2 Å². The van der Waals surface area contributed by atoms with Gasteiger partial charge >= 0.3 is 0 Å². The van der Waals surface area contributed by atoms with Crippen LogP contribution < -0.4 is 9.47 Å². The number of carbonyl (C=O) groups is 1. The Morgan fingerprint density at radius 1 is 1.06 bits per heavy atom. The van der Waals surface area contributed by atoms with Crippen molar-refractivity contribution < 1.29 is 19.0 Å². The van der Waals surface area contributed by atoms with Crippen molar-refractivity contribution in [3.63, 3.8) is 0 Å².